The Balaban J connectivity index is 1.17. The zero-order valence-electron chi connectivity index (χ0n) is 16.2. The predicted octanol–water partition coefficient (Wildman–Crippen LogP) is 3.49. The zero-order chi connectivity index (χ0) is 18.3. The summed E-state index contributed by atoms with van der Waals surface area (Å²) >= 11 is 0. The van der Waals surface area contributed by atoms with E-state index in [1.54, 1.807) is 0 Å². The first kappa shape index (κ1) is 17.4. The smallest absolute Gasteiger partial charge is 0.229 e. The molecule has 0 saturated heterocycles. The molecule has 5 heteroatoms. The molecule has 2 aromatic rings. The number of hydrogen-bond donors (Lipinski definition) is 2. The monoisotopic (exact) mass is 366 g/mol. The lowest BCUT2D eigenvalue weighted by atomic mass is 9.86. The lowest BCUT2D eigenvalue weighted by Crippen LogP contribution is -2.30. The van der Waals surface area contributed by atoms with E-state index in [0.717, 1.165) is 31.1 Å². The van der Waals surface area contributed by atoms with Gasteiger partial charge in [0.2, 0.25) is 5.89 Å². The average molecular weight is 367 g/mol. The van der Waals surface area contributed by atoms with Crippen LogP contribution in [0.3, 0.4) is 0 Å². The van der Waals surface area contributed by atoms with Crippen molar-refractivity contribution < 1.29 is 4.52 Å². The van der Waals surface area contributed by atoms with E-state index in [4.69, 9.17) is 9.51 Å². The molecule has 0 amide bonds. The van der Waals surface area contributed by atoms with Gasteiger partial charge in [-0.2, -0.15) is 4.98 Å². The van der Waals surface area contributed by atoms with Crippen molar-refractivity contribution in [1.29, 1.82) is 0 Å². The first-order chi connectivity index (χ1) is 13.3. The maximum absolute atomic E-state index is 5.70. The Kier molecular flexibility index (Phi) is 4.52. The molecule has 5 rings (SSSR count). The second kappa shape index (κ2) is 7.02. The fraction of sp³-hybridized carbons (Fsp3) is 0.636. The molecular formula is C22H30N4O. The molecule has 2 N–H and O–H groups in total. The molecule has 0 bridgehead atoms. The Labute approximate surface area is 161 Å². The maximum Gasteiger partial charge on any atom is 0.229 e. The summed E-state index contributed by atoms with van der Waals surface area (Å²) in [5.41, 5.74) is 1.58. The van der Waals surface area contributed by atoms with Crippen molar-refractivity contribution in [2.45, 2.75) is 74.3 Å². The van der Waals surface area contributed by atoms with Crippen molar-refractivity contribution in [3.05, 3.63) is 47.6 Å². The van der Waals surface area contributed by atoms with E-state index >= 15 is 0 Å². The van der Waals surface area contributed by atoms with Crippen LogP contribution in [0.2, 0.25) is 0 Å². The Hall–Kier alpha value is -1.72. The minimum atomic E-state index is 0.119. The van der Waals surface area contributed by atoms with E-state index in [1.807, 2.05) is 0 Å². The summed E-state index contributed by atoms with van der Waals surface area (Å²) in [6, 6.07) is 12.1. The van der Waals surface area contributed by atoms with Crippen LogP contribution in [-0.2, 0) is 5.41 Å². The fourth-order valence-electron chi connectivity index (χ4n) is 4.69. The molecule has 0 spiro atoms. The molecule has 5 nitrogen and oxygen atoms in total. The highest BCUT2D eigenvalue weighted by molar-refractivity contribution is 5.28. The van der Waals surface area contributed by atoms with Crippen LogP contribution < -0.4 is 10.6 Å². The molecule has 1 aromatic heterocycles. The topological polar surface area (TPSA) is 63.0 Å². The Morgan fingerprint density at radius 3 is 2.59 bits per heavy atom. The molecule has 144 valence electrons. The third-order valence-electron chi connectivity index (χ3n) is 6.98. The summed E-state index contributed by atoms with van der Waals surface area (Å²) in [4.78, 5) is 4.86. The van der Waals surface area contributed by atoms with Gasteiger partial charge in [0, 0.05) is 35.9 Å². The van der Waals surface area contributed by atoms with Gasteiger partial charge in [-0.25, -0.2) is 0 Å². The van der Waals surface area contributed by atoms with Crippen molar-refractivity contribution in [2.75, 3.05) is 13.6 Å². The van der Waals surface area contributed by atoms with E-state index in [1.165, 1.54) is 37.7 Å². The van der Waals surface area contributed by atoms with Gasteiger partial charge < -0.3 is 15.2 Å². The standard InChI is InChI=1S/C22H30N4O/c1-23-17-9-7-16(8-10-17)20-25-21(26-27-20)22(11-12-22)14-24-19-13-18(19)15-5-3-2-4-6-15/h2-6,16-19,23-24H,7-14H2,1H3/t16?,17?,18-,19?/m0/s1. The molecule has 3 fully saturated rings. The molecule has 27 heavy (non-hydrogen) atoms. The Morgan fingerprint density at radius 2 is 1.89 bits per heavy atom. The highest BCUT2D eigenvalue weighted by Gasteiger charge is 2.50. The molecular weight excluding hydrogens is 336 g/mol. The minimum Gasteiger partial charge on any atom is -0.339 e. The van der Waals surface area contributed by atoms with E-state index < -0.39 is 0 Å². The van der Waals surface area contributed by atoms with Crippen molar-refractivity contribution in [3.8, 4) is 0 Å². The van der Waals surface area contributed by atoms with Gasteiger partial charge >= 0.3 is 0 Å². The van der Waals surface area contributed by atoms with Crippen molar-refractivity contribution >= 4 is 0 Å². The zero-order valence-corrected chi connectivity index (χ0v) is 16.2. The molecule has 3 aliphatic rings. The van der Waals surface area contributed by atoms with Crippen LogP contribution in [0.4, 0.5) is 0 Å². The third kappa shape index (κ3) is 3.55. The number of aromatic nitrogens is 2. The molecule has 3 saturated carbocycles. The van der Waals surface area contributed by atoms with Gasteiger partial charge in [0.25, 0.3) is 0 Å². The van der Waals surface area contributed by atoms with Crippen LogP contribution in [0.5, 0.6) is 0 Å². The quantitative estimate of drug-likeness (QED) is 0.785. The predicted molar refractivity (Wildman–Crippen MR) is 105 cm³/mol. The van der Waals surface area contributed by atoms with Crippen LogP contribution >= 0.6 is 0 Å². The lowest BCUT2D eigenvalue weighted by molar-refractivity contribution is 0.286. The van der Waals surface area contributed by atoms with Crippen LogP contribution in [0.25, 0.3) is 0 Å². The summed E-state index contributed by atoms with van der Waals surface area (Å²) in [6.07, 6.45) is 8.30. The second-order valence-corrected chi connectivity index (χ2v) is 8.81. The molecule has 2 atom stereocenters. The fourth-order valence-corrected chi connectivity index (χ4v) is 4.69. The molecule has 1 unspecified atom stereocenters. The summed E-state index contributed by atoms with van der Waals surface area (Å²) < 4.78 is 5.70. The maximum atomic E-state index is 5.70. The highest BCUT2D eigenvalue weighted by Crippen LogP contribution is 2.48. The highest BCUT2D eigenvalue weighted by atomic mass is 16.5. The van der Waals surface area contributed by atoms with E-state index in [0.29, 0.717) is 23.9 Å². The van der Waals surface area contributed by atoms with Crippen molar-refractivity contribution in [2.24, 2.45) is 0 Å². The molecule has 3 aliphatic carbocycles. The molecule has 0 aliphatic heterocycles. The van der Waals surface area contributed by atoms with Gasteiger partial charge in [0.05, 0.1) is 0 Å². The number of nitrogens with zero attached hydrogens (tertiary/aromatic N) is 2. The number of nitrogens with one attached hydrogen (secondary N) is 2. The molecule has 0 radical (unpaired) electrons. The number of rotatable bonds is 7. The van der Waals surface area contributed by atoms with E-state index in [-0.39, 0.29) is 5.41 Å². The lowest BCUT2D eigenvalue weighted by Gasteiger charge is -2.25. The summed E-state index contributed by atoms with van der Waals surface area (Å²) in [6.45, 7) is 0.979. The number of hydrogen-bond acceptors (Lipinski definition) is 5. The SMILES string of the molecule is CNC1CCC(c2nc(C3(CNC4C[C@H]4c4ccccc4)CC3)no2)CC1. The first-order valence-corrected chi connectivity index (χ1v) is 10.6. The van der Waals surface area contributed by atoms with E-state index in [9.17, 15) is 0 Å². The molecule has 1 heterocycles. The van der Waals surface area contributed by atoms with Gasteiger partial charge in [-0.15, -0.1) is 0 Å². The minimum absolute atomic E-state index is 0.119. The van der Waals surface area contributed by atoms with E-state index in [2.05, 4.69) is 53.2 Å². The van der Waals surface area contributed by atoms with Crippen LogP contribution in [-0.4, -0.2) is 35.8 Å². The summed E-state index contributed by atoms with van der Waals surface area (Å²) in [5.74, 6) is 2.94. The Morgan fingerprint density at radius 1 is 1.11 bits per heavy atom. The molecule has 1 aromatic carbocycles. The van der Waals surface area contributed by atoms with Crippen LogP contribution in [0.1, 0.15) is 74.1 Å². The van der Waals surface area contributed by atoms with Gasteiger partial charge in [-0.3, -0.25) is 0 Å². The van der Waals surface area contributed by atoms with Gasteiger partial charge in [0.15, 0.2) is 5.82 Å². The van der Waals surface area contributed by atoms with Crippen molar-refractivity contribution in [1.82, 2.24) is 20.8 Å². The summed E-state index contributed by atoms with van der Waals surface area (Å²) in [7, 11) is 2.06. The van der Waals surface area contributed by atoms with Gasteiger partial charge in [-0.05, 0) is 57.6 Å². The number of benzene rings is 1. The third-order valence-corrected chi connectivity index (χ3v) is 6.98. The second-order valence-electron chi connectivity index (χ2n) is 8.81. The van der Waals surface area contributed by atoms with Crippen molar-refractivity contribution in [3.63, 3.8) is 0 Å². The van der Waals surface area contributed by atoms with Gasteiger partial charge in [0.1, 0.15) is 0 Å². The van der Waals surface area contributed by atoms with Crippen LogP contribution in [0, 0.1) is 0 Å². The van der Waals surface area contributed by atoms with Crippen LogP contribution in [0.15, 0.2) is 34.9 Å². The first-order valence-electron chi connectivity index (χ1n) is 10.6. The average Bonchev–Trinajstić information content (AvgIpc) is 3.64. The summed E-state index contributed by atoms with van der Waals surface area (Å²) in [5, 5.41) is 11.6. The Bertz CT molecular complexity index is 762. The largest absolute Gasteiger partial charge is 0.339 e. The normalized spacial score (nSPS) is 31.6. The van der Waals surface area contributed by atoms with Gasteiger partial charge in [-0.1, -0.05) is 35.5 Å².